The number of carbonyl (C=O) groups is 1. The molecule has 0 spiro atoms. The second kappa shape index (κ2) is 7.98. The van der Waals surface area contributed by atoms with Crippen molar-refractivity contribution in [1.82, 2.24) is 24.8 Å². The molecule has 28 heavy (non-hydrogen) atoms. The van der Waals surface area contributed by atoms with Crippen LogP contribution in [0.2, 0.25) is 0 Å². The Hall–Kier alpha value is -3.57. The molecule has 1 aliphatic heterocycles. The summed E-state index contributed by atoms with van der Waals surface area (Å²) in [4.78, 5) is 26.8. The van der Waals surface area contributed by atoms with Gasteiger partial charge in [0.15, 0.2) is 5.82 Å². The lowest BCUT2D eigenvalue weighted by Crippen LogP contribution is -2.38. The largest absolute Gasteiger partial charge is 0.329 e. The van der Waals surface area contributed by atoms with Crippen LogP contribution >= 0.6 is 0 Å². The zero-order chi connectivity index (χ0) is 19.3. The highest BCUT2D eigenvalue weighted by Crippen LogP contribution is 2.18. The fourth-order valence-corrected chi connectivity index (χ4v) is 3.27. The molecule has 0 aliphatic carbocycles. The first kappa shape index (κ1) is 17.8. The predicted molar refractivity (Wildman–Crippen MR) is 102 cm³/mol. The quantitative estimate of drug-likeness (QED) is 0.703. The Bertz CT molecular complexity index is 991. The van der Waals surface area contributed by atoms with Crippen LogP contribution in [0.4, 0.5) is 5.82 Å². The summed E-state index contributed by atoms with van der Waals surface area (Å²) in [7, 11) is 0. The van der Waals surface area contributed by atoms with Gasteiger partial charge in [-0.05, 0) is 24.1 Å². The van der Waals surface area contributed by atoms with Gasteiger partial charge in [0.25, 0.3) is 0 Å². The number of rotatable bonds is 6. The number of nitrogens with one attached hydrogen (secondary N) is 1. The van der Waals surface area contributed by atoms with Gasteiger partial charge in [-0.1, -0.05) is 12.1 Å². The highest BCUT2D eigenvalue weighted by Gasteiger charge is 2.33. The van der Waals surface area contributed by atoms with E-state index in [1.54, 1.807) is 36.0 Å². The van der Waals surface area contributed by atoms with Gasteiger partial charge in [0.2, 0.25) is 5.91 Å². The number of nitriles is 1. The first-order chi connectivity index (χ1) is 13.7. The van der Waals surface area contributed by atoms with Crippen LogP contribution in [0.3, 0.4) is 0 Å². The van der Waals surface area contributed by atoms with Gasteiger partial charge in [-0.15, -0.1) is 0 Å². The summed E-state index contributed by atoms with van der Waals surface area (Å²) in [5, 5.41) is 12.2. The normalized spacial score (nSPS) is 16.3. The van der Waals surface area contributed by atoms with Crippen molar-refractivity contribution in [2.75, 3.05) is 11.4 Å². The zero-order valence-corrected chi connectivity index (χ0v) is 15.2. The Labute approximate surface area is 162 Å². The minimum absolute atomic E-state index is 0.0126. The van der Waals surface area contributed by atoms with Crippen LogP contribution in [-0.2, 0) is 17.9 Å². The minimum atomic E-state index is -0.250. The molecule has 8 heteroatoms. The fourth-order valence-electron chi connectivity index (χ4n) is 3.27. The molecule has 1 fully saturated rings. The smallest absolute Gasteiger partial charge is 0.245 e. The maximum atomic E-state index is 12.6. The molecule has 1 N–H and O–H groups in total. The molecule has 1 aromatic carbocycles. The van der Waals surface area contributed by atoms with Crippen molar-refractivity contribution in [3.8, 4) is 6.07 Å². The lowest BCUT2D eigenvalue weighted by molar-refractivity contribution is -0.118. The average molecular weight is 373 g/mol. The average Bonchev–Trinajstić information content (AvgIpc) is 3.33. The number of carbonyl (C=O) groups excluding carboxylic acids is 1. The van der Waals surface area contributed by atoms with Gasteiger partial charge in [0.1, 0.15) is 0 Å². The molecule has 1 saturated heterocycles. The summed E-state index contributed by atoms with van der Waals surface area (Å²) in [5.74, 6) is 0.598. The van der Waals surface area contributed by atoms with E-state index in [1.165, 1.54) is 0 Å². The first-order valence-corrected chi connectivity index (χ1v) is 9.03. The monoisotopic (exact) mass is 373 g/mol. The highest BCUT2D eigenvalue weighted by atomic mass is 16.2. The third-order valence-electron chi connectivity index (χ3n) is 4.80. The number of aromatic nitrogens is 4. The maximum absolute atomic E-state index is 12.6. The highest BCUT2D eigenvalue weighted by molar-refractivity contribution is 5.98. The van der Waals surface area contributed by atoms with E-state index in [1.807, 2.05) is 28.8 Å². The minimum Gasteiger partial charge on any atom is -0.329 e. The van der Waals surface area contributed by atoms with Crippen LogP contribution in [0.5, 0.6) is 0 Å². The van der Waals surface area contributed by atoms with Crippen molar-refractivity contribution < 1.29 is 4.79 Å². The van der Waals surface area contributed by atoms with E-state index in [0.717, 1.165) is 17.7 Å². The summed E-state index contributed by atoms with van der Waals surface area (Å²) in [5.41, 5.74) is 2.72. The molecule has 3 aromatic rings. The number of hydrogen-bond acceptors (Lipinski definition) is 6. The van der Waals surface area contributed by atoms with Crippen LogP contribution in [-0.4, -0.2) is 38.0 Å². The van der Waals surface area contributed by atoms with Crippen LogP contribution in [0, 0.1) is 11.3 Å². The predicted octanol–water partition coefficient (Wildman–Crippen LogP) is 1.49. The molecule has 1 aliphatic rings. The molecule has 4 rings (SSSR count). The van der Waals surface area contributed by atoms with Crippen LogP contribution < -0.4 is 10.2 Å². The van der Waals surface area contributed by atoms with Crippen molar-refractivity contribution in [2.24, 2.45) is 0 Å². The zero-order valence-electron chi connectivity index (χ0n) is 15.2. The molecule has 8 nitrogen and oxygen atoms in total. The molecule has 1 amide bonds. The second-order valence-electron chi connectivity index (χ2n) is 6.60. The topological polar surface area (TPSA) is 99.7 Å². The SMILES string of the molecule is N#Cc1ccc(Cn2cncc2CN[C@H]2CCN(c3cnccn3)C2=O)cc1. The molecular formula is C20H19N7O. The first-order valence-electron chi connectivity index (χ1n) is 9.03. The number of amides is 1. The lowest BCUT2D eigenvalue weighted by Gasteiger charge is -2.16. The third-order valence-corrected chi connectivity index (χ3v) is 4.80. The molecule has 0 bridgehead atoms. The molecular weight excluding hydrogens is 354 g/mol. The molecule has 1 atom stereocenters. The standard InChI is InChI=1S/C20H19N7O/c21-9-15-1-3-16(4-2-15)13-26-14-23-10-17(26)11-25-18-5-8-27(20(18)28)19-12-22-6-7-24-19/h1-4,6-7,10,12,14,18,25H,5,8,11,13H2/t18-/m0/s1. The maximum Gasteiger partial charge on any atom is 0.245 e. The number of anilines is 1. The Morgan fingerprint density at radius 2 is 2.04 bits per heavy atom. The van der Waals surface area contributed by atoms with Crippen LogP contribution in [0.25, 0.3) is 0 Å². The third kappa shape index (κ3) is 3.75. The van der Waals surface area contributed by atoms with Gasteiger partial charge in [-0.2, -0.15) is 5.26 Å². The molecule has 0 unspecified atom stereocenters. The number of nitrogens with zero attached hydrogens (tertiary/aromatic N) is 6. The van der Waals surface area contributed by atoms with Crippen molar-refractivity contribution in [2.45, 2.75) is 25.6 Å². The van der Waals surface area contributed by atoms with E-state index >= 15 is 0 Å². The Morgan fingerprint density at radius 1 is 1.18 bits per heavy atom. The Kier molecular flexibility index (Phi) is 5.08. The molecule has 3 heterocycles. The summed E-state index contributed by atoms with van der Waals surface area (Å²) in [6.07, 6.45) is 9.08. The van der Waals surface area contributed by atoms with Gasteiger partial charge in [-0.25, -0.2) is 9.97 Å². The molecule has 140 valence electrons. The van der Waals surface area contributed by atoms with Crippen molar-refractivity contribution >= 4 is 11.7 Å². The van der Waals surface area contributed by atoms with E-state index < -0.39 is 0 Å². The van der Waals surface area contributed by atoms with E-state index in [-0.39, 0.29) is 11.9 Å². The number of hydrogen-bond donors (Lipinski definition) is 1. The summed E-state index contributed by atoms with van der Waals surface area (Å²) < 4.78 is 2.04. The van der Waals surface area contributed by atoms with Gasteiger partial charge in [-0.3, -0.25) is 14.7 Å². The molecule has 0 radical (unpaired) electrons. The van der Waals surface area contributed by atoms with E-state index in [0.29, 0.717) is 31.0 Å². The van der Waals surface area contributed by atoms with Gasteiger partial charge in [0, 0.05) is 38.2 Å². The summed E-state index contributed by atoms with van der Waals surface area (Å²) in [6.45, 7) is 1.83. The lowest BCUT2D eigenvalue weighted by atomic mass is 10.1. The fraction of sp³-hybridized carbons (Fsp3) is 0.250. The van der Waals surface area contributed by atoms with Crippen molar-refractivity contribution in [1.29, 1.82) is 5.26 Å². The number of benzene rings is 1. The van der Waals surface area contributed by atoms with Crippen LogP contribution in [0.1, 0.15) is 23.2 Å². The van der Waals surface area contributed by atoms with Gasteiger partial charge >= 0.3 is 0 Å². The van der Waals surface area contributed by atoms with Crippen molar-refractivity contribution in [3.63, 3.8) is 0 Å². The Balaban J connectivity index is 1.38. The Morgan fingerprint density at radius 3 is 2.79 bits per heavy atom. The van der Waals surface area contributed by atoms with E-state index in [2.05, 4.69) is 26.3 Å². The van der Waals surface area contributed by atoms with Crippen LogP contribution in [0.15, 0.2) is 55.4 Å². The van der Waals surface area contributed by atoms with Gasteiger partial charge in [0.05, 0.1) is 35.9 Å². The summed E-state index contributed by atoms with van der Waals surface area (Å²) >= 11 is 0. The molecule has 2 aromatic heterocycles. The van der Waals surface area contributed by atoms with E-state index in [9.17, 15) is 4.79 Å². The summed E-state index contributed by atoms with van der Waals surface area (Å²) in [6, 6.07) is 9.37. The van der Waals surface area contributed by atoms with Crippen molar-refractivity contribution in [3.05, 3.63) is 72.2 Å². The number of imidazole rings is 1. The molecule has 0 saturated carbocycles. The second-order valence-corrected chi connectivity index (χ2v) is 6.60. The van der Waals surface area contributed by atoms with Gasteiger partial charge < -0.3 is 9.88 Å². The van der Waals surface area contributed by atoms with E-state index in [4.69, 9.17) is 5.26 Å².